The molecule has 0 aromatic heterocycles. The van der Waals surface area contributed by atoms with E-state index in [-0.39, 0.29) is 5.91 Å². The van der Waals surface area contributed by atoms with Gasteiger partial charge >= 0.3 is 0 Å². The van der Waals surface area contributed by atoms with Gasteiger partial charge in [-0.05, 0) is 24.6 Å². The molecule has 1 fully saturated rings. The zero-order chi connectivity index (χ0) is 13.9. The summed E-state index contributed by atoms with van der Waals surface area (Å²) in [5.41, 5.74) is 2.02. The zero-order valence-electron chi connectivity index (χ0n) is 11.8. The summed E-state index contributed by atoms with van der Waals surface area (Å²) in [5, 5.41) is 6.29. The number of piperazine rings is 1. The van der Waals surface area contributed by atoms with E-state index in [9.17, 15) is 4.79 Å². The molecule has 0 aliphatic carbocycles. The molecular formula is C15H21N3O2. The van der Waals surface area contributed by atoms with Gasteiger partial charge in [-0.2, -0.15) is 0 Å². The van der Waals surface area contributed by atoms with Gasteiger partial charge in [-0.3, -0.25) is 9.69 Å². The highest BCUT2D eigenvalue weighted by atomic mass is 16.5. The van der Waals surface area contributed by atoms with Gasteiger partial charge in [0.2, 0.25) is 5.91 Å². The molecule has 1 aromatic rings. The lowest BCUT2D eigenvalue weighted by Gasteiger charge is -2.33. The van der Waals surface area contributed by atoms with Crippen molar-refractivity contribution in [2.24, 2.45) is 0 Å². The van der Waals surface area contributed by atoms with Crippen molar-refractivity contribution in [3.63, 3.8) is 0 Å². The standard InChI is InChI=1S/C15H21N3O2/c1-11(18-7-5-16-6-8-18)12-2-3-14-13(10-12)17-15(19)4-9-20-14/h2-3,10-11,16H,4-9H2,1H3,(H,17,19). The molecule has 2 aliphatic heterocycles. The number of ether oxygens (including phenoxy) is 1. The summed E-state index contributed by atoms with van der Waals surface area (Å²) in [6, 6.07) is 6.46. The Morgan fingerprint density at radius 1 is 1.30 bits per heavy atom. The van der Waals surface area contributed by atoms with E-state index < -0.39 is 0 Å². The minimum atomic E-state index is 0.0238. The number of fused-ring (bicyclic) bond motifs is 1. The maximum absolute atomic E-state index is 11.6. The number of nitrogens with one attached hydrogen (secondary N) is 2. The molecule has 1 unspecified atom stereocenters. The van der Waals surface area contributed by atoms with Crippen LogP contribution < -0.4 is 15.4 Å². The first-order valence-corrected chi connectivity index (χ1v) is 7.25. The van der Waals surface area contributed by atoms with Gasteiger partial charge < -0.3 is 15.4 Å². The average molecular weight is 275 g/mol. The molecular weight excluding hydrogens is 254 g/mol. The predicted molar refractivity (Wildman–Crippen MR) is 78.0 cm³/mol. The summed E-state index contributed by atoms with van der Waals surface area (Å²) in [7, 11) is 0. The summed E-state index contributed by atoms with van der Waals surface area (Å²) in [6.07, 6.45) is 0.414. The monoisotopic (exact) mass is 275 g/mol. The van der Waals surface area contributed by atoms with Gasteiger partial charge in [0.05, 0.1) is 18.7 Å². The highest BCUT2D eigenvalue weighted by Gasteiger charge is 2.20. The van der Waals surface area contributed by atoms with Crippen LogP contribution in [0.3, 0.4) is 0 Å². The molecule has 3 rings (SSSR count). The SMILES string of the molecule is CC(c1ccc2c(c1)NC(=O)CCO2)N1CCNCC1. The number of benzene rings is 1. The molecule has 20 heavy (non-hydrogen) atoms. The molecule has 1 saturated heterocycles. The van der Waals surface area contributed by atoms with Crippen molar-refractivity contribution < 1.29 is 9.53 Å². The number of carbonyl (C=O) groups excluding carboxylic acids is 1. The topological polar surface area (TPSA) is 53.6 Å². The highest BCUT2D eigenvalue weighted by Crippen LogP contribution is 2.31. The lowest BCUT2D eigenvalue weighted by atomic mass is 10.0. The van der Waals surface area contributed by atoms with Crippen LogP contribution in [0, 0.1) is 0 Å². The maximum Gasteiger partial charge on any atom is 0.227 e. The first kappa shape index (κ1) is 13.4. The van der Waals surface area contributed by atoms with E-state index in [4.69, 9.17) is 4.74 Å². The molecule has 0 bridgehead atoms. The normalized spacial score (nSPS) is 21.4. The number of hydrogen-bond donors (Lipinski definition) is 2. The summed E-state index contributed by atoms with van der Waals surface area (Å²) in [4.78, 5) is 14.1. The molecule has 2 heterocycles. The van der Waals surface area contributed by atoms with E-state index >= 15 is 0 Å². The van der Waals surface area contributed by atoms with Crippen molar-refractivity contribution in [1.82, 2.24) is 10.2 Å². The van der Waals surface area contributed by atoms with E-state index in [0.29, 0.717) is 19.1 Å². The molecule has 1 atom stereocenters. The summed E-state index contributed by atoms with van der Waals surface area (Å²) < 4.78 is 5.59. The van der Waals surface area contributed by atoms with Crippen LogP contribution in [-0.2, 0) is 4.79 Å². The fraction of sp³-hybridized carbons (Fsp3) is 0.533. The van der Waals surface area contributed by atoms with Gasteiger partial charge in [0.15, 0.2) is 0 Å². The molecule has 1 aromatic carbocycles. The Morgan fingerprint density at radius 3 is 2.90 bits per heavy atom. The van der Waals surface area contributed by atoms with Gasteiger partial charge in [0.25, 0.3) is 0 Å². The fourth-order valence-electron chi connectivity index (χ4n) is 2.78. The van der Waals surface area contributed by atoms with Gasteiger partial charge in [-0.1, -0.05) is 6.07 Å². The molecule has 5 heteroatoms. The Balaban J connectivity index is 1.81. The third-order valence-electron chi connectivity index (χ3n) is 4.05. The zero-order valence-corrected chi connectivity index (χ0v) is 11.8. The van der Waals surface area contributed by atoms with Crippen LogP contribution >= 0.6 is 0 Å². The maximum atomic E-state index is 11.6. The Kier molecular flexibility index (Phi) is 3.89. The van der Waals surface area contributed by atoms with Crippen molar-refractivity contribution in [2.45, 2.75) is 19.4 Å². The van der Waals surface area contributed by atoms with E-state index in [0.717, 1.165) is 37.6 Å². The van der Waals surface area contributed by atoms with Crippen molar-refractivity contribution in [2.75, 3.05) is 38.1 Å². The van der Waals surface area contributed by atoms with Crippen LogP contribution in [0.4, 0.5) is 5.69 Å². The Labute approximate surface area is 119 Å². The molecule has 2 N–H and O–H groups in total. The first-order valence-electron chi connectivity index (χ1n) is 7.25. The van der Waals surface area contributed by atoms with Crippen LogP contribution in [0.2, 0.25) is 0 Å². The quantitative estimate of drug-likeness (QED) is 0.856. The molecule has 0 saturated carbocycles. The number of nitrogens with zero attached hydrogens (tertiary/aromatic N) is 1. The van der Waals surface area contributed by atoms with Crippen molar-refractivity contribution in [3.05, 3.63) is 23.8 Å². The Hall–Kier alpha value is -1.59. The van der Waals surface area contributed by atoms with E-state index in [1.54, 1.807) is 0 Å². The minimum Gasteiger partial charge on any atom is -0.491 e. The molecule has 0 spiro atoms. The largest absolute Gasteiger partial charge is 0.491 e. The fourth-order valence-corrected chi connectivity index (χ4v) is 2.78. The van der Waals surface area contributed by atoms with Crippen LogP contribution in [0.15, 0.2) is 18.2 Å². The number of anilines is 1. The third kappa shape index (κ3) is 2.78. The molecule has 0 radical (unpaired) electrons. The van der Waals surface area contributed by atoms with Gasteiger partial charge in [0, 0.05) is 32.2 Å². The van der Waals surface area contributed by atoms with Crippen LogP contribution in [0.25, 0.3) is 0 Å². The van der Waals surface area contributed by atoms with Crippen LogP contribution in [0.5, 0.6) is 5.75 Å². The predicted octanol–water partition coefficient (Wildman–Crippen LogP) is 1.37. The second-order valence-corrected chi connectivity index (χ2v) is 5.36. The number of amides is 1. The van der Waals surface area contributed by atoms with E-state index in [1.807, 2.05) is 12.1 Å². The Morgan fingerprint density at radius 2 is 2.10 bits per heavy atom. The van der Waals surface area contributed by atoms with Crippen molar-refractivity contribution in [1.29, 1.82) is 0 Å². The highest BCUT2D eigenvalue weighted by molar-refractivity contribution is 5.93. The number of rotatable bonds is 2. The molecule has 5 nitrogen and oxygen atoms in total. The van der Waals surface area contributed by atoms with Crippen LogP contribution in [0.1, 0.15) is 24.9 Å². The smallest absolute Gasteiger partial charge is 0.227 e. The Bertz CT molecular complexity index is 498. The average Bonchev–Trinajstić information content (AvgIpc) is 2.67. The van der Waals surface area contributed by atoms with Crippen molar-refractivity contribution in [3.8, 4) is 5.75 Å². The van der Waals surface area contributed by atoms with Gasteiger partial charge in [0.1, 0.15) is 5.75 Å². The summed E-state index contributed by atoms with van der Waals surface area (Å²) in [5.74, 6) is 0.794. The molecule has 108 valence electrons. The first-order chi connectivity index (χ1) is 9.74. The lowest BCUT2D eigenvalue weighted by molar-refractivity contribution is -0.116. The third-order valence-corrected chi connectivity index (χ3v) is 4.05. The summed E-state index contributed by atoms with van der Waals surface area (Å²) >= 11 is 0. The van der Waals surface area contributed by atoms with E-state index in [1.165, 1.54) is 5.56 Å². The van der Waals surface area contributed by atoms with E-state index in [2.05, 4.69) is 28.5 Å². The molecule has 1 amide bonds. The summed E-state index contributed by atoms with van der Waals surface area (Å²) in [6.45, 7) is 6.85. The second kappa shape index (κ2) is 5.81. The van der Waals surface area contributed by atoms with Crippen LogP contribution in [-0.4, -0.2) is 43.6 Å². The number of carbonyl (C=O) groups is 1. The number of hydrogen-bond acceptors (Lipinski definition) is 4. The van der Waals surface area contributed by atoms with Gasteiger partial charge in [-0.25, -0.2) is 0 Å². The van der Waals surface area contributed by atoms with Crippen molar-refractivity contribution >= 4 is 11.6 Å². The van der Waals surface area contributed by atoms with Gasteiger partial charge in [-0.15, -0.1) is 0 Å². The second-order valence-electron chi connectivity index (χ2n) is 5.36. The minimum absolute atomic E-state index is 0.0238. The lowest BCUT2D eigenvalue weighted by Crippen LogP contribution is -2.44. The molecule has 2 aliphatic rings.